The third-order valence-electron chi connectivity index (χ3n) is 5.05. The fraction of sp³-hybridized carbons (Fsp3) is 0.500. The van der Waals surface area contributed by atoms with Crippen molar-refractivity contribution in [3.05, 3.63) is 29.8 Å². The van der Waals surface area contributed by atoms with E-state index in [0.29, 0.717) is 5.56 Å². The van der Waals surface area contributed by atoms with Crippen molar-refractivity contribution < 1.29 is 44.4 Å². The first-order valence-electron chi connectivity index (χ1n) is 10.9. The van der Waals surface area contributed by atoms with Crippen LogP contribution < -0.4 is 21.7 Å². The monoisotopic (exact) mass is 496 g/mol. The van der Waals surface area contributed by atoms with Gasteiger partial charge < -0.3 is 42.1 Å². The third kappa shape index (κ3) is 9.98. The number of amides is 3. The van der Waals surface area contributed by atoms with E-state index in [9.17, 15) is 34.2 Å². The molecule has 9 N–H and O–H groups in total. The first kappa shape index (κ1) is 29.3. The number of aliphatic carboxylic acids is 2. The van der Waals surface area contributed by atoms with Gasteiger partial charge in [0.2, 0.25) is 17.7 Å². The van der Waals surface area contributed by atoms with Crippen molar-refractivity contribution in [2.45, 2.75) is 57.3 Å². The summed E-state index contributed by atoms with van der Waals surface area (Å²) < 4.78 is 0. The molecule has 1 aromatic carbocycles. The van der Waals surface area contributed by atoms with E-state index in [-0.39, 0.29) is 18.6 Å². The van der Waals surface area contributed by atoms with E-state index in [1.807, 2.05) is 0 Å². The summed E-state index contributed by atoms with van der Waals surface area (Å²) in [7, 11) is 0. The standard InChI is InChI=1S/C22H32N4O9/c1-11(2)18(21(33)25-16(22(34)35)9-12-3-5-13(28)6-4-12)26-20(32)15(7-8-17(29)30)24-19(31)14(23)10-27/h3-6,11,14-16,18,27-28H,7-10,23H2,1-2H3,(H,24,31)(H,25,33)(H,26,32)(H,29,30)(H,34,35). The minimum absolute atomic E-state index is 0.00303. The van der Waals surface area contributed by atoms with E-state index in [0.717, 1.165) is 0 Å². The molecule has 0 aliphatic heterocycles. The van der Waals surface area contributed by atoms with Gasteiger partial charge >= 0.3 is 11.9 Å². The minimum Gasteiger partial charge on any atom is -0.508 e. The van der Waals surface area contributed by atoms with Crippen LogP contribution in [0.2, 0.25) is 0 Å². The van der Waals surface area contributed by atoms with Crippen LogP contribution in [-0.2, 0) is 30.4 Å². The van der Waals surface area contributed by atoms with Gasteiger partial charge in [0.1, 0.15) is 29.9 Å². The number of hydrogen-bond acceptors (Lipinski definition) is 8. The number of aliphatic hydroxyl groups excluding tert-OH is 1. The van der Waals surface area contributed by atoms with Gasteiger partial charge in [0.25, 0.3) is 0 Å². The van der Waals surface area contributed by atoms with Crippen LogP contribution in [0.3, 0.4) is 0 Å². The fourth-order valence-electron chi connectivity index (χ4n) is 3.02. The molecule has 0 saturated carbocycles. The molecule has 1 rings (SSSR count). The van der Waals surface area contributed by atoms with Crippen LogP contribution in [0, 0.1) is 5.92 Å². The number of phenolic OH excluding ortho intramolecular Hbond substituents is 1. The average Bonchev–Trinajstić information content (AvgIpc) is 2.79. The molecule has 0 aliphatic carbocycles. The van der Waals surface area contributed by atoms with Crippen molar-refractivity contribution in [1.29, 1.82) is 0 Å². The van der Waals surface area contributed by atoms with Crippen molar-refractivity contribution in [2.75, 3.05) is 6.61 Å². The highest BCUT2D eigenvalue weighted by Gasteiger charge is 2.32. The predicted molar refractivity (Wildman–Crippen MR) is 122 cm³/mol. The SMILES string of the molecule is CC(C)C(NC(=O)C(CCC(=O)O)NC(=O)C(N)CO)C(=O)NC(Cc1ccc(O)cc1)C(=O)O. The molecule has 194 valence electrons. The molecule has 3 amide bonds. The molecule has 0 spiro atoms. The summed E-state index contributed by atoms with van der Waals surface area (Å²) in [5, 5.41) is 43.9. The molecular weight excluding hydrogens is 464 g/mol. The quantitative estimate of drug-likeness (QED) is 0.146. The molecule has 4 atom stereocenters. The van der Waals surface area contributed by atoms with Crippen LogP contribution in [0.1, 0.15) is 32.3 Å². The molecule has 0 radical (unpaired) electrons. The molecule has 0 saturated heterocycles. The van der Waals surface area contributed by atoms with E-state index >= 15 is 0 Å². The Labute approximate surface area is 201 Å². The zero-order valence-electron chi connectivity index (χ0n) is 19.4. The van der Waals surface area contributed by atoms with Crippen LogP contribution in [0.4, 0.5) is 0 Å². The summed E-state index contributed by atoms with van der Waals surface area (Å²) in [6.45, 7) is 2.51. The summed E-state index contributed by atoms with van der Waals surface area (Å²) in [6, 6.07) is 0.518. The minimum atomic E-state index is -1.36. The van der Waals surface area contributed by atoms with Crippen LogP contribution in [0.15, 0.2) is 24.3 Å². The highest BCUT2D eigenvalue weighted by molar-refractivity contribution is 5.94. The van der Waals surface area contributed by atoms with E-state index in [2.05, 4.69) is 16.0 Å². The largest absolute Gasteiger partial charge is 0.508 e. The van der Waals surface area contributed by atoms with Gasteiger partial charge in [-0.15, -0.1) is 0 Å². The number of carbonyl (C=O) groups is 5. The maximum Gasteiger partial charge on any atom is 0.326 e. The lowest BCUT2D eigenvalue weighted by Gasteiger charge is -2.27. The Balaban J connectivity index is 2.98. The number of phenols is 1. The molecular formula is C22H32N4O9. The highest BCUT2D eigenvalue weighted by atomic mass is 16.4. The highest BCUT2D eigenvalue weighted by Crippen LogP contribution is 2.12. The van der Waals surface area contributed by atoms with Crippen LogP contribution in [0.25, 0.3) is 0 Å². The summed E-state index contributed by atoms with van der Waals surface area (Å²) in [4.78, 5) is 60.4. The van der Waals surface area contributed by atoms with E-state index in [1.54, 1.807) is 13.8 Å². The number of benzene rings is 1. The maximum atomic E-state index is 12.9. The average molecular weight is 497 g/mol. The van der Waals surface area contributed by atoms with Gasteiger partial charge in [-0.2, -0.15) is 0 Å². The number of carboxylic acids is 2. The van der Waals surface area contributed by atoms with E-state index < -0.39 is 72.8 Å². The number of hydrogen-bond donors (Lipinski definition) is 8. The number of nitrogens with one attached hydrogen (secondary N) is 3. The lowest BCUT2D eigenvalue weighted by molar-refractivity contribution is -0.142. The number of aromatic hydroxyl groups is 1. The number of rotatable bonds is 14. The van der Waals surface area contributed by atoms with Gasteiger partial charge in [0.05, 0.1) is 6.61 Å². The lowest BCUT2D eigenvalue weighted by atomic mass is 10.00. The predicted octanol–water partition coefficient (Wildman–Crippen LogP) is -1.69. The first-order chi connectivity index (χ1) is 16.3. The van der Waals surface area contributed by atoms with Gasteiger partial charge in [-0.1, -0.05) is 26.0 Å². The van der Waals surface area contributed by atoms with Gasteiger partial charge in [0, 0.05) is 12.8 Å². The second kappa shape index (κ2) is 13.9. The number of nitrogens with two attached hydrogens (primary N) is 1. The Morgan fingerprint density at radius 3 is 1.94 bits per heavy atom. The van der Waals surface area contributed by atoms with Gasteiger partial charge in [-0.3, -0.25) is 19.2 Å². The van der Waals surface area contributed by atoms with Crippen molar-refractivity contribution in [3.8, 4) is 5.75 Å². The van der Waals surface area contributed by atoms with E-state index in [4.69, 9.17) is 15.9 Å². The Hall–Kier alpha value is -3.71. The van der Waals surface area contributed by atoms with Crippen molar-refractivity contribution in [3.63, 3.8) is 0 Å². The van der Waals surface area contributed by atoms with Gasteiger partial charge in [-0.05, 0) is 30.0 Å². The molecule has 13 nitrogen and oxygen atoms in total. The first-order valence-corrected chi connectivity index (χ1v) is 10.9. The maximum absolute atomic E-state index is 12.9. The number of aliphatic hydroxyl groups is 1. The molecule has 0 fully saturated rings. The van der Waals surface area contributed by atoms with E-state index in [1.165, 1.54) is 24.3 Å². The molecule has 35 heavy (non-hydrogen) atoms. The Bertz CT molecular complexity index is 905. The molecule has 4 unspecified atom stereocenters. The lowest BCUT2D eigenvalue weighted by Crippen LogP contribution is -2.58. The van der Waals surface area contributed by atoms with Crippen molar-refractivity contribution in [1.82, 2.24) is 16.0 Å². The van der Waals surface area contributed by atoms with Gasteiger partial charge in [0.15, 0.2) is 0 Å². The van der Waals surface area contributed by atoms with Crippen molar-refractivity contribution in [2.24, 2.45) is 11.7 Å². The smallest absolute Gasteiger partial charge is 0.326 e. The Morgan fingerprint density at radius 1 is 0.886 bits per heavy atom. The number of carbonyl (C=O) groups excluding carboxylic acids is 3. The molecule has 0 aromatic heterocycles. The topological polar surface area (TPSA) is 228 Å². The van der Waals surface area contributed by atoms with Crippen LogP contribution in [0.5, 0.6) is 5.75 Å². The molecule has 0 bridgehead atoms. The summed E-state index contributed by atoms with van der Waals surface area (Å²) in [5.74, 6) is -5.60. The second-order valence-corrected chi connectivity index (χ2v) is 8.28. The van der Waals surface area contributed by atoms with Crippen molar-refractivity contribution >= 4 is 29.7 Å². The number of carboxylic acid groups (broad SMARTS) is 2. The second-order valence-electron chi connectivity index (χ2n) is 8.28. The van der Waals surface area contributed by atoms with Crippen LogP contribution in [-0.4, -0.2) is 80.9 Å². The molecule has 1 aromatic rings. The molecule has 0 heterocycles. The van der Waals surface area contributed by atoms with Crippen LogP contribution >= 0.6 is 0 Å². The zero-order chi connectivity index (χ0) is 26.7. The van der Waals surface area contributed by atoms with Gasteiger partial charge in [-0.25, -0.2) is 4.79 Å². The summed E-state index contributed by atoms with van der Waals surface area (Å²) in [6.07, 6.45) is -0.870. The Morgan fingerprint density at radius 2 is 1.46 bits per heavy atom. The Kier molecular flexibility index (Phi) is 11.6. The summed E-state index contributed by atoms with van der Waals surface area (Å²) in [5.41, 5.74) is 5.97. The third-order valence-corrected chi connectivity index (χ3v) is 5.05. The zero-order valence-corrected chi connectivity index (χ0v) is 19.4. The molecule has 0 aliphatic rings. The fourth-order valence-corrected chi connectivity index (χ4v) is 3.02. The summed E-state index contributed by atoms with van der Waals surface area (Å²) >= 11 is 0. The normalized spacial score (nSPS) is 14.3. The molecule has 13 heteroatoms.